The van der Waals surface area contributed by atoms with Gasteiger partial charge in [-0.25, -0.2) is 4.79 Å². The van der Waals surface area contributed by atoms with Crippen LogP contribution in [0, 0.1) is 57.7 Å². The summed E-state index contributed by atoms with van der Waals surface area (Å²) in [6.45, 7) is 18.4. The molecule has 6 rings (SSSR count). The molecule has 0 heterocycles. The van der Waals surface area contributed by atoms with Crippen molar-refractivity contribution in [2.75, 3.05) is 7.11 Å². The van der Waals surface area contributed by atoms with Gasteiger partial charge in [-0.3, -0.25) is 4.79 Å². The van der Waals surface area contributed by atoms with Crippen LogP contribution in [0.2, 0.25) is 0 Å². The fourth-order valence-corrected chi connectivity index (χ4v) is 11.8. The summed E-state index contributed by atoms with van der Waals surface area (Å²) in [4.78, 5) is 26.4. The molecule has 0 aliphatic heterocycles. The van der Waals surface area contributed by atoms with Gasteiger partial charge in [-0.05, 0) is 133 Å². The second-order valence-corrected chi connectivity index (χ2v) is 15.7. The number of benzene rings is 1. The number of ether oxygens (including phenoxy) is 1. The van der Waals surface area contributed by atoms with Crippen LogP contribution in [0.25, 0.3) is 5.57 Å². The molecule has 2 N–H and O–H groups in total. The molecule has 232 valence electrons. The number of fused-ring (bicyclic) bond motifs is 7. The van der Waals surface area contributed by atoms with Gasteiger partial charge in [0.2, 0.25) is 0 Å². The Morgan fingerprint density at radius 2 is 1.55 bits per heavy atom. The SMILES string of the molecule is CC.COC(=O)c1ccc(C2=CC(=O)[C@@]3(C)C(CC[C@@]4(C)C5CC[C@@]6(N)CCC(C(C)C)C6[C@H]5CCC43)C2(C)C)cc1. The van der Waals surface area contributed by atoms with Crippen molar-refractivity contribution in [3.63, 3.8) is 0 Å². The summed E-state index contributed by atoms with van der Waals surface area (Å²) in [5.41, 5.74) is 9.65. The first kappa shape index (κ1) is 31.5. The molecular weight excluding hydrogens is 518 g/mol. The molecule has 0 saturated heterocycles. The van der Waals surface area contributed by atoms with Crippen LogP contribution in [0.4, 0.5) is 0 Å². The second kappa shape index (κ2) is 10.9. The van der Waals surface area contributed by atoms with E-state index in [0.717, 1.165) is 36.3 Å². The van der Waals surface area contributed by atoms with Crippen molar-refractivity contribution in [2.24, 2.45) is 63.4 Å². The number of allylic oxidation sites excluding steroid dienone is 2. The van der Waals surface area contributed by atoms with Crippen molar-refractivity contribution in [2.45, 2.75) is 112 Å². The topological polar surface area (TPSA) is 69.4 Å². The molecule has 0 spiro atoms. The number of hydrogen-bond donors (Lipinski definition) is 1. The lowest BCUT2D eigenvalue weighted by Crippen LogP contribution is -2.65. The zero-order chi connectivity index (χ0) is 30.8. The molecule has 0 bridgehead atoms. The van der Waals surface area contributed by atoms with Gasteiger partial charge >= 0.3 is 5.97 Å². The standard InChI is InChI=1S/C36H51NO3.C2H6/c1-21(2)24-14-18-36(37)19-15-26-25(31(24)36)12-13-29-34(26,5)17-16-28-33(3,4)27(20-30(38)35(28,29)6)22-8-10-23(11-9-22)32(39)40-7;1-2/h8-11,20-21,24-26,28-29,31H,12-19,37H2,1-7H3;1-2H3/t24?,25-,26?,28?,29?,31?,34-,35-,36-;/m0./s1. The average Bonchev–Trinajstić information content (AvgIpc) is 3.33. The monoisotopic (exact) mass is 575 g/mol. The van der Waals surface area contributed by atoms with Crippen LogP contribution >= 0.6 is 0 Å². The highest BCUT2D eigenvalue weighted by molar-refractivity contribution is 6.04. The summed E-state index contributed by atoms with van der Waals surface area (Å²) in [6.07, 6.45) is 11.6. The fraction of sp³-hybridized carbons (Fsp3) is 0.737. The van der Waals surface area contributed by atoms with Gasteiger partial charge < -0.3 is 10.5 Å². The summed E-state index contributed by atoms with van der Waals surface area (Å²) in [7, 11) is 1.41. The number of nitrogens with two attached hydrogens (primary N) is 1. The molecule has 4 fully saturated rings. The molecule has 1 aromatic carbocycles. The first-order valence-corrected chi connectivity index (χ1v) is 17.0. The number of hydrogen-bond acceptors (Lipinski definition) is 4. The zero-order valence-electron chi connectivity index (χ0n) is 27.9. The molecule has 0 aromatic heterocycles. The van der Waals surface area contributed by atoms with Crippen molar-refractivity contribution in [1.29, 1.82) is 0 Å². The Hall–Kier alpha value is -1.94. The highest BCUT2D eigenvalue weighted by atomic mass is 16.5. The molecular formula is C38H57NO3. The largest absolute Gasteiger partial charge is 0.465 e. The Kier molecular flexibility index (Phi) is 8.17. The Bertz CT molecular complexity index is 1230. The molecule has 5 unspecified atom stereocenters. The van der Waals surface area contributed by atoms with Gasteiger partial charge in [-0.15, -0.1) is 0 Å². The van der Waals surface area contributed by atoms with Crippen molar-refractivity contribution in [3.05, 3.63) is 41.5 Å². The van der Waals surface area contributed by atoms with E-state index in [9.17, 15) is 9.59 Å². The average molecular weight is 576 g/mol. The smallest absolute Gasteiger partial charge is 0.337 e. The van der Waals surface area contributed by atoms with Crippen LogP contribution in [0.5, 0.6) is 0 Å². The van der Waals surface area contributed by atoms with E-state index in [1.54, 1.807) is 0 Å². The molecule has 9 atom stereocenters. The maximum absolute atomic E-state index is 14.4. The fourth-order valence-electron chi connectivity index (χ4n) is 11.8. The minimum atomic E-state index is -0.346. The summed E-state index contributed by atoms with van der Waals surface area (Å²) < 4.78 is 4.89. The third kappa shape index (κ3) is 4.39. The molecule has 4 nitrogen and oxygen atoms in total. The Morgan fingerprint density at radius 3 is 2.17 bits per heavy atom. The number of carbonyl (C=O) groups excluding carboxylic acids is 2. The molecule has 0 radical (unpaired) electrons. The summed E-state index contributed by atoms with van der Waals surface area (Å²) in [5, 5.41) is 0. The van der Waals surface area contributed by atoms with Crippen LogP contribution in [0.3, 0.4) is 0 Å². The first-order chi connectivity index (χ1) is 19.8. The molecule has 1 aromatic rings. The van der Waals surface area contributed by atoms with Gasteiger partial charge in [0, 0.05) is 11.0 Å². The molecule has 5 aliphatic rings. The predicted molar refractivity (Wildman–Crippen MR) is 172 cm³/mol. The third-order valence-electron chi connectivity index (χ3n) is 13.7. The zero-order valence-corrected chi connectivity index (χ0v) is 27.9. The van der Waals surface area contributed by atoms with E-state index in [1.807, 2.05) is 44.2 Å². The van der Waals surface area contributed by atoms with E-state index in [0.29, 0.717) is 46.9 Å². The van der Waals surface area contributed by atoms with Crippen LogP contribution in [-0.4, -0.2) is 24.4 Å². The number of ketones is 1. The van der Waals surface area contributed by atoms with Crippen LogP contribution in [0.15, 0.2) is 30.3 Å². The van der Waals surface area contributed by atoms with Gasteiger partial charge in [-0.2, -0.15) is 0 Å². The van der Waals surface area contributed by atoms with Crippen LogP contribution in [-0.2, 0) is 9.53 Å². The van der Waals surface area contributed by atoms with Crippen molar-refractivity contribution < 1.29 is 14.3 Å². The molecule has 0 amide bonds. The van der Waals surface area contributed by atoms with E-state index in [4.69, 9.17) is 10.5 Å². The summed E-state index contributed by atoms with van der Waals surface area (Å²) in [5.74, 6) is 4.18. The summed E-state index contributed by atoms with van der Waals surface area (Å²) in [6, 6.07) is 7.62. The molecule has 4 saturated carbocycles. The predicted octanol–water partition coefficient (Wildman–Crippen LogP) is 8.73. The molecule has 4 heteroatoms. The first-order valence-electron chi connectivity index (χ1n) is 17.0. The van der Waals surface area contributed by atoms with Gasteiger partial charge in [0.1, 0.15) is 0 Å². The number of methoxy groups -OCH3 is 1. The van der Waals surface area contributed by atoms with Gasteiger partial charge in [-0.1, -0.05) is 67.5 Å². The maximum Gasteiger partial charge on any atom is 0.337 e. The van der Waals surface area contributed by atoms with Crippen molar-refractivity contribution in [3.8, 4) is 0 Å². The van der Waals surface area contributed by atoms with E-state index < -0.39 is 0 Å². The van der Waals surface area contributed by atoms with Crippen molar-refractivity contribution in [1.82, 2.24) is 0 Å². The lowest BCUT2D eigenvalue weighted by Gasteiger charge is -2.67. The number of esters is 1. The summed E-state index contributed by atoms with van der Waals surface area (Å²) >= 11 is 0. The minimum Gasteiger partial charge on any atom is -0.465 e. The van der Waals surface area contributed by atoms with E-state index in [2.05, 4.69) is 41.5 Å². The van der Waals surface area contributed by atoms with Gasteiger partial charge in [0.25, 0.3) is 0 Å². The van der Waals surface area contributed by atoms with E-state index in [-0.39, 0.29) is 27.8 Å². The Balaban J connectivity index is 0.00000173. The molecule has 42 heavy (non-hydrogen) atoms. The quantitative estimate of drug-likeness (QED) is 0.366. The van der Waals surface area contributed by atoms with Crippen LogP contribution < -0.4 is 5.73 Å². The second-order valence-electron chi connectivity index (χ2n) is 15.7. The van der Waals surface area contributed by atoms with E-state index >= 15 is 0 Å². The number of rotatable bonds is 3. The maximum atomic E-state index is 14.4. The highest BCUT2D eigenvalue weighted by Crippen LogP contribution is 2.72. The lowest BCUT2D eigenvalue weighted by molar-refractivity contribution is -0.181. The van der Waals surface area contributed by atoms with E-state index in [1.165, 1.54) is 39.2 Å². The highest BCUT2D eigenvalue weighted by Gasteiger charge is 2.68. The van der Waals surface area contributed by atoms with Gasteiger partial charge in [0.15, 0.2) is 5.78 Å². The van der Waals surface area contributed by atoms with Crippen LogP contribution in [0.1, 0.15) is 123 Å². The lowest BCUT2D eigenvalue weighted by atomic mass is 9.36. The Labute approximate surface area is 255 Å². The Morgan fingerprint density at radius 1 is 0.905 bits per heavy atom. The van der Waals surface area contributed by atoms with Crippen molar-refractivity contribution >= 4 is 17.3 Å². The molecule has 5 aliphatic carbocycles. The minimum absolute atomic E-state index is 0.0319. The normalized spacial score (nSPS) is 41.8. The third-order valence-corrected chi connectivity index (χ3v) is 13.7. The number of carbonyl (C=O) groups is 2. The van der Waals surface area contributed by atoms with Gasteiger partial charge in [0.05, 0.1) is 12.7 Å².